The van der Waals surface area contributed by atoms with E-state index in [9.17, 15) is 4.39 Å². The molecule has 0 aliphatic heterocycles. The van der Waals surface area contributed by atoms with Crippen molar-refractivity contribution in [1.29, 1.82) is 0 Å². The third kappa shape index (κ3) is 2.53. The van der Waals surface area contributed by atoms with Gasteiger partial charge in [0.25, 0.3) is 0 Å². The summed E-state index contributed by atoms with van der Waals surface area (Å²) in [6.07, 6.45) is 3.73. The number of aromatic nitrogens is 2. The molecule has 0 saturated carbocycles. The summed E-state index contributed by atoms with van der Waals surface area (Å²) in [5.41, 5.74) is 8.04. The van der Waals surface area contributed by atoms with E-state index >= 15 is 0 Å². The fourth-order valence-corrected chi connectivity index (χ4v) is 1.94. The van der Waals surface area contributed by atoms with Gasteiger partial charge in [-0.3, -0.25) is 4.68 Å². The zero-order chi connectivity index (χ0) is 12.4. The highest BCUT2D eigenvalue weighted by Crippen LogP contribution is 2.21. The lowest BCUT2D eigenvalue weighted by Gasteiger charge is -2.21. The standard InChI is InChI=1S/C13H16FN3/c1-9-7-16-17(8-9)13(10(2)15)11-3-5-12(14)6-4-11/h3-8,10,13H,15H2,1-2H3. The minimum Gasteiger partial charge on any atom is -0.326 e. The van der Waals surface area contributed by atoms with Gasteiger partial charge in [-0.2, -0.15) is 5.10 Å². The lowest BCUT2D eigenvalue weighted by molar-refractivity contribution is 0.453. The van der Waals surface area contributed by atoms with Crippen LogP contribution in [0.2, 0.25) is 0 Å². The van der Waals surface area contributed by atoms with Gasteiger partial charge in [-0.1, -0.05) is 12.1 Å². The van der Waals surface area contributed by atoms with Crippen LogP contribution < -0.4 is 5.73 Å². The molecular formula is C13H16FN3. The van der Waals surface area contributed by atoms with Gasteiger partial charge in [0.05, 0.1) is 12.2 Å². The number of benzene rings is 1. The maximum Gasteiger partial charge on any atom is 0.123 e. The van der Waals surface area contributed by atoms with E-state index in [0.29, 0.717) is 0 Å². The van der Waals surface area contributed by atoms with Crippen LogP contribution in [0.4, 0.5) is 4.39 Å². The molecule has 2 atom stereocenters. The van der Waals surface area contributed by atoms with Crippen LogP contribution >= 0.6 is 0 Å². The highest BCUT2D eigenvalue weighted by Gasteiger charge is 2.18. The van der Waals surface area contributed by atoms with Crippen molar-refractivity contribution in [3.8, 4) is 0 Å². The molecule has 2 unspecified atom stereocenters. The Balaban J connectivity index is 2.39. The lowest BCUT2D eigenvalue weighted by atomic mass is 10.0. The van der Waals surface area contributed by atoms with Gasteiger partial charge in [0.2, 0.25) is 0 Å². The van der Waals surface area contributed by atoms with Gasteiger partial charge in [-0.05, 0) is 37.1 Å². The van der Waals surface area contributed by atoms with Crippen molar-refractivity contribution in [2.75, 3.05) is 0 Å². The Kier molecular flexibility index (Phi) is 3.24. The van der Waals surface area contributed by atoms with Crippen LogP contribution in [0.25, 0.3) is 0 Å². The number of aryl methyl sites for hydroxylation is 1. The largest absolute Gasteiger partial charge is 0.326 e. The molecule has 1 aromatic carbocycles. The highest BCUT2D eigenvalue weighted by atomic mass is 19.1. The van der Waals surface area contributed by atoms with E-state index in [1.165, 1.54) is 12.1 Å². The maximum absolute atomic E-state index is 12.9. The van der Waals surface area contributed by atoms with Gasteiger partial charge in [-0.25, -0.2) is 4.39 Å². The van der Waals surface area contributed by atoms with E-state index < -0.39 is 0 Å². The Morgan fingerprint density at radius 1 is 1.29 bits per heavy atom. The molecular weight excluding hydrogens is 217 g/mol. The summed E-state index contributed by atoms with van der Waals surface area (Å²) in [4.78, 5) is 0. The molecule has 0 aliphatic carbocycles. The fourth-order valence-electron chi connectivity index (χ4n) is 1.94. The molecule has 2 aromatic rings. The molecule has 17 heavy (non-hydrogen) atoms. The van der Waals surface area contributed by atoms with Gasteiger partial charge in [0, 0.05) is 12.2 Å². The summed E-state index contributed by atoms with van der Waals surface area (Å²) >= 11 is 0. The molecule has 4 heteroatoms. The molecule has 0 fully saturated rings. The molecule has 0 saturated heterocycles. The monoisotopic (exact) mass is 233 g/mol. The Morgan fingerprint density at radius 2 is 1.94 bits per heavy atom. The Bertz CT molecular complexity index is 488. The number of halogens is 1. The zero-order valence-corrected chi connectivity index (χ0v) is 9.97. The third-order valence-electron chi connectivity index (χ3n) is 2.73. The molecule has 1 aromatic heterocycles. The van der Waals surface area contributed by atoms with E-state index in [0.717, 1.165) is 11.1 Å². The van der Waals surface area contributed by atoms with E-state index in [1.807, 2.05) is 24.7 Å². The summed E-state index contributed by atoms with van der Waals surface area (Å²) in [5, 5.41) is 4.28. The molecule has 0 amide bonds. The van der Waals surface area contributed by atoms with Crippen LogP contribution in [-0.4, -0.2) is 15.8 Å². The second-order valence-electron chi connectivity index (χ2n) is 4.35. The summed E-state index contributed by atoms with van der Waals surface area (Å²) in [6.45, 7) is 3.90. The van der Waals surface area contributed by atoms with Crippen LogP contribution in [0, 0.1) is 12.7 Å². The Morgan fingerprint density at radius 3 is 2.41 bits per heavy atom. The smallest absolute Gasteiger partial charge is 0.123 e. The molecule has 2 N–H and O–H groups in total. The van der Waals surface area contributed by atoms with E-state index in [4.69, 9.17) is 5.73 Å². The van der Waals surface area contributed by atoms with Crippen LogP contribution in [0.15, 0.2) is 36.7 Å². The molecule has 3 nitrogen and oxygen atoms in total. The molecule has 0 bridgehead atoms. The molecule has 90 valence electrons. The highest BCUT2D eigenvalue weighted by molar-refractivity contribution is 5.22. The SMILES string of the molecule is Cc1cnn(C(c2ccc(F)cc2)C(C)N)c1. The molecule has 0 radical (unpaired) electrons. The van der Waals surface area contributed by atoms with E-state index in [-0.39, 0.29) is 17.9 Å². The first-order valence-corrected chi connectivity index (χ1v) is 5.59. The van der Waals surface area contributed by atoms with Crippen molar-refractivity contribution < 1.29 is 4.39 Å². The Labute approximate surface area is 100 Å². The lowest BCUT2D eigenvalue weighted by Crippen LogP contribution is -2.30. The fraction of sp³-hybridized carbons (Fsp3) is 0.308. The quantitative estimate of drug-likeness (QED) is 0.883. The molecule has 0 spiro atoms. The van der Waals surface area contributed by atoms with Gasteiger partial charge >= 0.3 is 0 Å². The number of rotatable bonds is 3. The summed E-state index contributed by atoms with van der Waals surface area (Å²) in [6, 6.07) is 6.23. The van der Waals surface area contributed by atoms with Crippen molar-refractivity contribution in [2.45, 2.75) is 25.9 Å². The zero-order valence-electron chi connectivity index (χ0n) is 9.97. The van der Waals surface area contributed by atoms with Crippen LogP contribution in [0.1, 0.15) is 24.1 Å². The first-order valence-electron chi connectivity index (χ1n) is 5.59. The van der Waals surface area contributed by atoms with Crippen molar-refractivity contribution in [1.82, 2.24) is 9.78 Å². The predicted molar refractivity (Wildman–Crippen MR) is 65.2 cm³/mol. The van der Waals surface area contributed by atoms with E-state index in [1.54, 1.807) is 18.3 Å². The van der Waals surface area contributed by atoms with Crippen LogP contribution in [0.3, 0.4) is 0 Å². The van der Waals surface area contributed by atoms with Gasteiger partial charge in [0.1, 0.15) is 5.82 Å². The second-order valence-corrected chi connectivity index (χ2v) is 4.35. The summed E-state index contributed by atoms with van der Waals surface area (Å²) in [7, 11) is 0. The topological polar surface area (TPSA) is 43.8 Å². The predicted octanol–water partition coefficient (Wildman–Crippen LogP) is 2.27. The van der Waals surface area contributed by atoms with Crippen molar-refractivity contribution in [2.24, 2.45) is 5.73 Å². The van der Waals surface area contributed by atoms with Gasteiger partial charge in [0.15, 0.2) is 0 Å². The molecule has 0 aliphatic rings. The van der Waals surface area contributed by atoms with Crippen molar-refractivity contribution in [3.05, 3.63) is 53.6 Å². The third-order valence-corrected chi connectivity index (χ3v) is 2.73. The minimum absolute atomic E-state index is 0.0655. The molecule has 1 heterocycles. The normalized spacial score (nSPS) is 14.6. The van der Waals surface area contributed by atoms with Gasteiger partial charge in [-0.15, -0.1) is 0 Å². The maximum atomic E-state index is 12.9. The van der Waals surface area contributed by atoms with Crippen LogP contribution in [-0.2, 0) is 0 Å². The number of nitrogens with zero attached hydrogens (tertiary/aromatic N) is 2. The average molecular weight is 233 g/mol. The van der Waals surface area contributed by atoms with Crippen molar-refractivity contribution >= 4 is 0 Å². The second kappa shape index (κ2) is 4.67. The summed E-state index contributed by atoms with van der Waals surface area (Å²) < 4.78 is 14.7. The van der Waals surface area contributed by atoms with Crippen molar-refractivity contribution in [3.63, 3.8) is 0 Å². The Hall–Kier alpha value is -1.68. The first kappa shape index (κ1) is 11.8. The minimum atomic E-state index is -0.242. The number of hydrogen-bond acceptors (Lipinski definition) is 2. The number of nitrogens with two attached hydrogens (primary N) is 1. The summed E-state index contributed by atoms with van der Waals surface area (Å²) in [5.74, 6) is -0.242. The van der Waals surface area contributed by atoms with Crippen LogP contribution in [0.5, 0.6) is 0 Å². The molecule has 2 rings (SSSR count). The first-order chi connectivity index (χ1) is 8.08. The number of hydrogen-bond donors (Lipinski definition) is 1. The average Bonchev–Trinajstić information content (AvgIpc) is 2.68. The van der Waals surface area contributed by atoms with Gasteiger partial charge < -0.3 is 5.73 Å². The van der Waals surface area contributed by atoms with E-state index in [2.05, 4.69) is 5.10 Å².